The van der Waals surface area contributed by atoms with E-state index in [1.165, 1.54) is 12.1 Å². The van der Waals surface area contributed by atoms with Gasteiger partial charge in [-0.15, -0.1) is 0 Å². The third-order valence-corrected chi connectivity index (χ3v) is 5.01. The van der Waals surface area contributed by atoms with Crippen LogP contribution in [0, 0.1) is 11.7 Å². The van der Waals surface area contributed by atoms with Crippen molar-refractivity contribution in [3.63, 3.8) is 0 Å². The Morgan fingerprint density at radius 3 is 2.66 bits per heavy atom. The summed E-state index contributed by atoms with van der Waals surface area (Å²) < 4.78 is 22.6. The monoisotopic (exact) mass is 455 g/mol. The van der Waals surface area contributed by atoms with Crippen molar-refractivity contribution in [2.45, 2.75) is 18.9 Å². The van der Waals surface area contributed by atoms with Gasteiger partial charge in [-0.3, -0.25) is 9.52 Å². The molecular weight excluding hydrogens is 429 g/mol. The number of ether oxygens (including phenoxy) is 1. The molecule has 0 radical (unpaired) electrons. The Bertz CT molecular complexity index is 1110. The number of halogens is 1. The van der Waals surface area contributed by atoms with Crippen LogP contribution in [0.5, 0.6) is 5.75 Å². The average molecular weight is 456 g/mol. The van der Waals surface area contributed by atoms with Gasteiger partial charge in [-0.1, -0.05) is 19.9 Å². The molecule has 32 heavy (non-hydrogen) atoms. The minimum atomic E-state index is -0.415. The highest BCUT2D eigenvalue weighted by atomic mass is 32.2. The molecule has 0 aliphatic carbocycles. The molecule has 0 aliphatic rings. The third kappa shape index (κ3) is 6.10. The molecule has 0 atom stereocenters. The van der Waals surface area contributed by atoms with Crippen LogP contribution < -0.4 is 20.1 Å². The molecule has 1 aromatic carbocycles. The molecule has 3 N–H and O–H groups in total. The predicted octanol–water partition coefficient (Wildman–Crippen LogP) is 4.40. The first kappa shape index (κ1) is 23.3. The highest BCUT2D eigenvalue weighted by molar-refractivity contribution is 7.97. The molecule has 0 fully saturated rings. The van der Waals surface area contributed by atoms with Gasteiger partial charge in [0.2, 0.25) is 0 Å². The Morgan fingerprint density at radius 1 is 1.19 bits per heavy atom. The number of benzene rings is 1. The smallest absolute Gasteiger partial charge is 0.265 e. The second kappa shape index (κ2) is 10.3. The molecule has 0 saturated carbocycles. The van der Waals surface area contributed by atoms with Crippen LogP contribution in [0.4, 0.5) is 16.0 Å². The Kier molecular flexibility index (Phi) is 7.53. The fourth-order valence-electron chi connectivity index (χ4n) is 2.83. The number of pyridine rings is 2. The topological polar surface area (TPSA) is 93.4 Å². The largest absolute Gasteiger partial charge is 0.493 e. The van der Waals surface area contributed by atoms with Crippen LogP contribution in [0.2, 0.25) is 0 Å². The van der Waals surface area contributed by atoms with Gasteiger partial charge in [0.05, 0.1) is 17.9 Å². The fraction of sp³-hybridized carbons (Fsp3) is 0.261. The predicted molar refractivity (Wildman–Crippen MR) is 126 cm³/mol. The first-order valence-electron chi connectivity index (χ1n) is 10.0. The van der Waals surface area contributed by atoms with Gasteiger partial charge in [0.1, 0.15) is 28.2 Å². The van der Waals surface area contributed by atoms with Gasteiger partial charge in [0.15, 0.2) is 0 Å². The minimum Gasteiger partial charge on any atom is -0.493 e. The summed E-state index contributed by atoms with van der Waals surface area (Å²) in [7, 11) is 3.58. The molecule has 1 amide bonds. The number of nitrogens with one attached hydrogen (secondary N) is 1. The standard InChI is InChI=1S/C23H26FN5O2S/c1-14(2)13-31-17-11-15(10-16(24)12-17)19-9-8-18(22(26-19)29(3)4)23(30)28-32-21-7-5-6-20(25)27-21/h5-12,14H,13H2,1-4H3,(H2,25,27)(H,28,30). The average Bonchev–Trinajstić information content (AvgIpc) is 2.75. The second-order valence-electron chi connectivity index (χ2n) is 7.78. The van der Waals surface area contributed by atoms with Gasteiger partial charge in [-0.25, -0.2) is 14.4 Å². The number of amides is 1. The van der Waals surface area contributed by atoms with Gasteiger partial charge >= 0.3 is 0 Å². The lowest BCUT2D eigenvalue weighted by Crippen LogP contribution is -2.22. The van der Waals surface area contributed by atoms with Crippen molar-refractivity contribution in [3.8, 4) is 17.0 Å². The van der Waals surface area contributed by atoms with Crippen molar-refractivity contribution in [1.82, 2.24) is 14.7 Å². The molecule has 2 heterocycles. The van der Waals surface area contributed by atoms with Crippen LogP contribution in [-0.4, -0.2) is 36.6 Å². The van der Waals surface area contributed by atoms with Crippen LogP contribution in [0.3, 0.4) is 0 Å². The van der Waals surface area contributed by atoms with Gasteiger partial charge in [0, 0.05) is 37.7 Å². The number of nitrogen functional groups attached to an aromatic ring is 1. The summed E-state index contributed by atoms with van der Waals surface area (Å²) in [6, 6.07) is 13.0. The molecule has 168 valence electrons. The van der Waals surface area contributed by atoms with Crippen LogP contribution in [0.1, 0.15) is 24.2 Å². The number of nitrogens with zero attached hydrogens (tertiary/aromatic N) is 3. The van der Waals surface area contributed by atoms with E-state index in [1.54, 1.807) is 55.4 Å². The van der Waals surface area contributed by atoms with E-state index < -0.39 is 5.82 Å². The number of carbonyl (C=O) groups excluding carboxylic acids is 1. The van der Waals surface area contributed by atoms with Gasteiger partial charge < -0.3 is 15.4 Å². The number of rotatable bonds is 8. The molecule has 0 bridgehead atoms. The summed E-state index contributed by atoms with van der Waals surface area (Å²) in [6.07, 6.45) is 0. The summed E-state index contributed by atoms with van der Waals surface area (Å²) in [4.78, 5) is 23.3. The molecule has 0 aliphatic heterocycles. The fourth-order valence-corrected chi connectivity index (χ4v) is 3.43. The van der Waals surface area contributed by atoms with Crippen LogP contribution in [0.15, 0.2) is 53.6 Å². The lowest BCUT2D eigenvalue weighted by atomic mass is 10.1. The van der Waals surface area contributed by atoms with Crippen LogP contribution in [0.25, 0.3) is 11.3 Å². The van der Waals surface area contributed by atoms with Crippen molar-refractivity contribution in [2.75, 3.05) is 31.3 Å². The zero-order valence-corrected chi connectivity index (χ0v) is 19.2. The van der Waals surface area contributed by atoms with Crippen molar-refractivity contribution in [1.29, 1.82) is 0 Å². The van der Waals surface area contributed by atoms with E-state index in [-0.39, 0.29) is 5.91 Å². The first-order valence-corrected chi connectivity index (χ1v) is 10.9. The Balaban J connectivity index is 1.85. The summed E-state index contributed by atoms with van der Waals surface area (Å²) >= 11 is 1.07. The quantitative estimate of drug-likeness (QED) is 0.486. The van der Waals surface area contributed by atoms with E-state index in [1.807, 2.05) is 13.8 Å². The number of anilines is 2. The SMILES string of the molecule is CC(C)COc1cc(F)cc(-c2ccc(C(=O)NSc3cccc(N)n3)c(N(C)C)n2)c1. The van der Waals surface area contributed by atoms with E-state index in [2.05, 4.69) is 14.7 Å². The zero-order chi connectivity index (χ0) is 23.3. The van der Waals surface area contributed by atoms with E-state index >= 15 is 0 Å². The van der Waals surface area contributed by atoms with Crippen molar-refractivity contribution in [2.24, 2.45) is 5.92 Å². The maximum atomic E-state index is 14.2. The normalized spacial score (nSPS) is 10.8. The Hall–Kier alpha value is -3.33. The molecule has 0 saturated heterocycles. The molecule has 9 heteroatoms. The lowest BCUT2D eigenvalue weighted by Gasteiger charge is -2.17. The van der Waals surface area contributed by atoms with Crippen molar-refractivity contribution in [3.05, 3.63) is 59.9 Å². The summed E-state index contributed by atoms with van der Waals surface area (Å²) in [5, 5.41) is 0.572. The number of nitrogens with two attached hydrogens (primary N) is 1. The molecule has 2 aromatic heterocycles. The van der Waals surface area contributed by atoms with Crippen molar-refractivity contribution >= 4 is 29.5 Å². The zero-order valence-electron chi connectivity index (χ0n) is 18.4. The molecule has 3 aromatic rings. The van der Waals surface area contributed by atoms with E-state index in [4.69, 9.17) is 10.5 Å². The first-order chi connectivity index (χ1) is 15.2. The van der Waals surface area contributed by atoms with Crippen molar-refractivity contribution < 1.29 is 13.9 Å². The summed E-state index contributed by atoms with van der Waals surface area (Å²) in [5.41, 5.74) is 7.15. The number of hydrogen-bond acceptors (Lipinski definition) is 7. The number of aromatic nitrogens is 2. The van der Waals surface area contributed by atoms with Gasteiger partial charge in [0.25, 0.3) is 5.91 Å². The molecule has 7 nitrogen and oxygen atoms in total. The molecule has 0 spiro atoms. The van der Waals surface area contributed by atoms with E-state index in [9.17, 15) is 9.18 Å². The maximum Gasteiger partial charge on any atom is 0.265 e. The second-order valence-corrected chi connectivity index (χ2v) is 8.60. The van der Waals surface area contributed by atoms with Crippen LogP contribution in [-0.2, 0) is 0 Å². The highest BCUT2D eigenvalue weighted by Crippen LogP contribution is 2.28. The number of hydrogen-bond donors (Lipinski definition) is 2. The molecule has 0 unspecified atom stereocenters. The van der Waals surface area contributed by atoms with E-state index in [0.29, 0.717) is 51.8 Å². The summed E-state index contributed by atoms with van der Waals surface area (Å²) in [6.45, 7) is 4.53. The Morgan fingerprint density at radius 2 is 1.97 bits per heavy atom. The Labute approximate surface area is 191 Å². The van der Waals surface area contributed by atoms with E-state index in [0.717, 1.165) is 11.9 Å². The molecule has 3 rings (SSSR count). The molecular formula is C23H26FN5O2S. The van der Waals surface area contributed by atoms with Gasteiger partial charge in [-0.2, -0.15) is 0 Å². The minimum absolute atomic E-state index is 0.318. The lowest BCUT2D eigenvalue weighted by molar-refractivity contribution is 0.0984. The third-order valence-electron chi connectivity index (χ3n) is 4.29. The number of carbonyl (C=O) groups is 1. The highest BCUT2D eigenvalue weighted by Gasteiger charge is 2.17. The van der Waals surface area contributed by atoms with Crippen LogP contribution >= 0.6 is 11.9 Å². The summed E-state index contributed by atoms with van der Waals surface area (Å²) in [5.74, 6) is 0.837. The maximum absolute atomic E-state index is 14.2. The van der Waals surface area contributed by atoms with Gasteiger partial charge in [-0.05, 0) is 42.3 Å².